The van der Waals surface area contributed by atoms with E-state index >= 15 is 0 Å². The monoisotopic (exact) mass is 287 g/mol. The standard InChI is InChI=1S/C18H14F3/c1-2-5-14-6-3-7-15(12-14)10-11-16-8-4-9-17(13-16)18(19,20)21/h2-4,6-9,12-13H,5H2,1H3. The van der Waals surface area contributed by atoms with Gasteiger partial charge in [-0.3, -0.25) is 0 Å². The molecule has 0 saturated heterocycles. The molecule has 0 aliphatic rings. The van der Waals surface area contributed by atoms with Gasteiger partial charge in [-0.15, -0.1) is 0 Å². The van der Waals surface area contributed by atoms with Gasteiger partial charge in [0.15, 0.2) is 0 Å². The van der Waals surface area contributed by atoms with Crippen LogP contribution in [0, 0.1) is 18.3 Å². The summed E-state index contributed by atoms with van der Waals surface area (Å²) in [5, 5.41) is 0. The van der Waals surface area contributed by atoms with E-state index < -0.39 is 11.7 Å². The van der Waals surface area contributed by atoms with Crippen LogP contribution in [-0.4, -0.2) is 0 Å². The summed E-state index contributed by atoms with van der Waals surface area (Å²) in [5.41, 5.74) is 1.61. The Labute approximate surface area is 122 Å². The summed E-state index contributed by atoms with van der Waals surface area (Å²) in [6.45, 7) is 1.97. The summed E-state index contributed by atoms with van der Waals surface area (Å²) in [7, 11) is 0. The summed E-state index contributed by atoms with van der Waals surface area (Å²) in [5.74, 6) is 5.69. The molecule has 0 spiro atoms. The van der Waals surface area contributed by atoms with Gasteiger partial charge < -0.3 is 0 Å². The molecule has 0 fully saturated rings. The molecular weight excluding hydrogens is 273 g/mol. The van der Waals surface area contributed by atoms with Crippen LogP contribution in [0.3, 0.4) is 0 Å². The highest BCUT2D eigenvalue weighted by molar-refractivity contribution is 5.45. The lowest BCUT2D eigenvalue weighted by Gasteiger charge is -2.05. The predicted molar refractivity (Wildman–Crippen MR) is 77.5 cm³/mol. The molecule has 0 nitrogen and oxygen atoms in total. The molecule has 0 saturated carbocycles. The number of hydrogen-bond acceptors (Lipinski definition) is 0. The van der Waals surface area contributed by atoms with Crippen molar-refractivity contribution < 1.29 is 13.2 Å². The first kappa shape index (κ1) is 15.2. The van der Waals surface area contributed by atoms with E-state index in [1.165, 1.54) is 6.07 Å². The third-order valence-electron chi connectivity index (χ3n) is 2.91. The Hall–Kier alpha value is -2.21. The van der Waals surface area contributed by atoms with Gasteiger partial charge >= 0.3 is 6.18 Å². The van der Waals surface area contributed by atoms with Crippen LogP contribution in [0.1, 0.15) is 29.2 Å². The summed E-state index contributed by atoms with van der Waals surface area (Å²) in [6, 6.07) is 12.7. The number of rotatable bonds is 2. The van der Waals surface area contributed by atoms with E-state index in [4.69, 9.17) is 0 Å². The first-order valence-corrected chi connectivity index (χ1v) is 6.55. The SMILES string of the molecule is C[CH]Cc1cccc(C#Cc2cccc(C(F)(F)F)c2)c1. The maximum Gasteiger partial charge on any atom is 0.416 e. The molecule has 0 unspecified atom stereocenters. The van der Waals surface area contributed by atoms with E-state index in [0.29, 0.717) is 5.56 Å². The van der Waals surface area contributed by atoms with Crippen molar-refractivity contribution in [1.29, 1.82) is 0 Å². The first-order valence-electron chi connectivity index (χ1n) is 6.55. The highest BCUT2D eigenvalue weighted by atomic mass is 19.4. The van der Waals surface area contributed by atoms with Gasteiger partial charge in [0.25, 0.3) is 0 Å². The Morgan fingerprint density at radius 1 is 0.952 bits per heavy atom. The smallest absolute Gasteiger partial charge is 0.166 e. The summed E-state index contributed by atoms with van der Waals surface area (Å²) in [4.78, 5) is 0. The lowest BCUT2D eigenvalue weighted by atomic mass is 10.1. The van der Waals surface area contributed by atoms with Crippen molar-refractivity contribution in [3.05, 3.63) is 77.2 Å². The molecule has 2 rings (SSSR count). The van der Waals surface area contributed by atoms with Crippen LogP contribution in [0.5, 0.6) is 0 Å². The van der Waals surface area contributed by atoms with E-state index in [9.17, 15) is 13.2 Å². The molecule has 0 aromatic heterocycles. The van der Waals surface area contributed by atoms with Gasteiger partial charge in [-0.05, 0) is 48.7 Å². The quantitative estimate of drug-likeness (QED) is 0.691. The molecule has 0 aliphatic heterocycles. The third kappa shape index (κ3) is 4.39. The molecule has 1 radical (unpaired) electrons. The van der Waals surface area contributed by atoms with Crippen LogP contribution in [0.4, 0.5) is 13.2 Å². The maximum absolute atomic E-state index is 12.6. The van der Waals surface area contributed by atoms with Crippen molar-refractivity contribution in [3.8, 4) is 11.8 Å². The minimum atomic E-state index is -4.34. The predicted octanol–water partition coefficient (Wildman–Crippen LogP) is 4.87. The molecule has 0 N–H and O–H groups in total. The number of hydrogen-bond donors (Lipinski definition) is 0. The molecule has 3 heteroatoms. The Kier molecular flexibility index (Phi) is 4.70. The minimum absolute atomic E-state index is 0.359. The van der Waals surface area contributed by atoms with E-state index in [1.807, 2.05) is 37.6 Å². The van der Waals surface area contributed by atoms with Crippen LogP contribution in [-0.2, 0) is 12.6 Å². The lowest BCUT2D eigenvalue weighted by Crippen LogP contribution is -2.04. The zero-order valence-corrected chi connectivity index (χ0v) is 11.5. The number of alkyl halides is 3. The Bertz CT molecular complexity index is 673. The number of halogens is 3. The molecule has 21 heavy (non-hydrogen) atoms. The van der Waals surface area contributed by atoms with Crippen LogP contribution < -0.4 is 0 Å². The fourth-order valence-corrected chi connectivity index (χ4v) is 1.93. The molecule has 107 valence electrons. The zero-order valence-electron chi connectivity index (χ0n) is 11.5. The van der Waals surface area contributed by atoms with Gasteiger partial charge in [0.1, 0.15) is 0 Å². The van der Waals surface area contributed by atoms with Crippen molar-refractivity contribution in [2.24, 2.45) is 0 Å². The van der Waals surface area contributed by atoms with Crippen molar-refractivity contribution in [1.82, 2.24) is 0 Å². The van der Waals surface area contributed by atoms with Gasteiger partial charge in [-0.2, -0.15) is 13.2 Å². The molecule has 0 heterocycles. The number of benzene rings is 2. The highest BCUT2D eigenvalue weighted by Gasteiger charge is 2.30. The normalized spacial score (nSPS) is 10.9. The van der Waals surface area contributed by atoms with Gasteiger partial charge in [-0.1, -0.05) is 37.0 Å². The van der Waals surface area contributed by atoms with Gasteiger partial charge in [0.2, 0.25) is 0 Å². The van der Waals surface area contributed by atoms with Crippen LogP contribution >= 0.6 is 0 Å². The first-order chi connectivity index (χ1) is 9.99. The van der Waals surface area contributed by atoms with Crippen molar-refractivity contribution in [2.75, 3.05) is 0 Å². The average Bonchev–Trinajstić information content (AvgIpc) is 2.45. The lowest BCUT2D eigenvalue weighted by molar-refractivity contribution is -0.137. The van der Waals surface area contributed by atoms with Crippen LogP contribution in [0.25, 0.3) is 0 Å². The largest absolute Gasteiger partial charge is 0.416 e. The van der Waals surface area contributed by atoms with Gasteiger partial charge in [0, 0.05) is 11.1 Å². The summed E-state index contributed by atoms with van der Waals surface area (Å²) < 4.78 is 37.9. The molecule has 0 bridgehead atoms. The van der Waals surface area contributed by atoms with E-state index in [-0.39, 0.29) is 0 Å². The van der Waals surface area contributed by atoms with Crippen molar-refractivity contribution in [2.45, 2.75) is 19.5 Å². The second-order valence-electron chi connectivity index (χ2n) is 4.64. The fraction of sp³-hybridized carbons (Fsp3) is 0.167. The van der Waals surface area contributed by atoms with E-state index in [2.05, 4.69) is 11.8 Å². The van der Waals surface area contributed by atoms with Gasteiger partial charge in [0.05, 0.1) is 5.56 Å². The topological polar surface area (TPSA) is 0 Å². The second kappa shape index (κ2) is 6.49. The minimum Gasteiger partial charge on any atom is -0.166 e. The maximum atomic E-state index is 12.6. The second-order valence-corrected chi connectivity index (χ2v) is 4.64. The molecule has 2 aromatic carbocycles. The molecule has 0 atom stereocenters. The Balaban J connectivity index is 2.25. The van der Waals surface area contributed by atoms with Crippen molar-refractivity contribution >= 4 is 0 Å². The highest BCUT2D eigenvalue weighted by Crippen LogP contribution is 2.29. The zero-order chi connectivity index (χ0) is 15.3. The van der Waals surface area contributed by atoms with Crippen molar-refractivity contribution in [3.63, 3.8) is 0 Å². The van der Waals surface area contributed by atoms with Gasteiger partial charge in [-0.25, -0.2) is 0 Å². The molecule has 0 amide bonds. The Morgan fingerprint density at radius 2 is 1.57 bits per heavy atom. The summed E-state index contributed by atoms with van der Waals surface area (Å²) >= 11 is 0. The van der Waals surface area contributed by atoms with Crippen LogP contribution in [0.2, 0.25) is 0 Å². The fourth-order valence-electron chi connectivity index (χ4n) is 1.93. The molecular formula is C18H14F3. The van der Waals surface area contributed by atoms with Crippen LogP contribution in [0.15, 0.2) is 48.5 Å². The van der Waals surface area contributed by atoms with E-state index in [1.54, 1.807) is 6.07 Å². The third-order valence-corrected chi connectivity index (χ3v) is 2.91. The average molecular weight is 287 g/mol. The van der Waals surface area contributed by atoms with E-state index in [0.717, 1.165) is 29.7 Å². The Morgan fingerprint density at radius 3 is 2.19 bits per heavy atom. The molecule has 0 aliphatic carbocycles. The molecule has 2 aromatic rings. The summed E-state index contributed by atoms with van der Waals surface area (Å²) in [6.07, 6.45) is -1.45.